The van der Waals surface area contributed by atoms with Crippen LogP contribution in [-0.4, -0.2) is 14.0 Å². The number of benzene rings is 1. The van der Waals surface area contributed by atoms with Crippen LogP contribution in [0.25, 0.3) is 0 Å². The minimum absolute atomic E-state index is 0.321. The third-order valence-electron chi connectivity index (χ3n) is 2.19. The van der Waals surface area contributed by atoms with Crippen molar-refractivity contribution in [3.8, 4) is 0 Å². The van der Waals surface area contributed by atoms with Gasteiger partial charge in [0.2, 0.25) is 10.0 Å². The predicted molar refractivity (Wildman–Crippen MR) is 70.4 cm³/mol. The number of nitrogen functional groups attached to an aromatic ring is 1. The highest BCUT2D eigenvalue weighted by atomic mass is 32.2. The van der Waals surface area contributed by atoms with Gasteiger partial charge in [-0.15, -0.1) is 0 Å². The van der Waals surface area contributed by atoms with Crippen LogP contribution in [0.5, 0.6) is 0 Å². The van der Waals surface area contributed by atoms with Crippen molar-refractivity contribution in [2.75, 3.05) is 5.73 Å². The minimum Gasteiger partial charge on any atom is -0.399 e. The van der Waals surface area contributed by atoms with Crippen molar-refractivity contribution in [2.45, 2.75) is 45.1 Å². The summed E-state index contributed by atoms with van der Waals surface area (Å²) in [6.45, 7) is 8.94. The summed E-state index contributed by atoms with van der Waals surface area (Å²) in [6, 6.07) is 3.34. The zero-order valence-corrected chi connectivity index (χ0v) is 11.8. The summed E-state index contributed by atoms with van der Waals surface area (Å²) in [4.78, 5) is 0.321. The lowest BCUT2D eigenvalue weighted by Gasteiger charge is -2.22. The molecule has 0 bridgehead atoms. The quantitative estimate of drug-likeness (QED) is 0.795. The van der Waals surface area contributed by atoms with E-state index in [1.807, 2.05) is 20.8 Å². The van der Waals surface area contributed by atoms with E-state index in [1.165, 1.54) is 0 Å². The van der Waals surface area contributed by atoms with Gasteiger partial charge < -0.3 is 5.73 Å². The van der Waals surface area contributed by atoms with Crippen LogP contribution >= 0.6 is 0 Å². The average Bonchev–Trinajstić information content (AvgIpc) is 1.93. The van der Waals surface area contributed by atoms with Crippen molar-refractivity contribution in [1.82, 2.24) is 4.72 Å². The molecule has 0 unspecified atom stereocenters. The van der Waals surface area contributed by atoms with Gasteiger partial charge in [0, 0.05) is 11.2 Å². The van der Waals surface area contributed by atoms with Gasteiger partial charge in [0.15, 0.2) is 0 Å². The van der Waals surface area contributed by atoms with Crippen molar-refractivity contribution in [3.63, 3.8) is 0 Å². The third kappa shape index (κ3) is 3.44. The fraction of sp³-hybridized carbons (Fsp3) is 0.500. The second kappa shape index (κ2) is 4.31. The van der Waals surface area contributed by atoms with E-state index in [0.717, 1.165) is 0 Å². The fourth-order valence-corrected chi connectivity index (χ4v) is 3.74. The second-order valence-electron chi connectivity index (χ2n) is 5.34. The van der Waals surface area contributed by atoms with Crippen LogP contribution in [0.3, 0.4) is 0 Å². The standard InChI is InChI=1S/C12H20N2O2S/c1-8-6-10(13)7-9(2)11(8)17(15,16)14-12(3,4)5/h6-7,14H,13H2,1-5H3. The maximum Gasteiger partial charge on any atom is 0.241 e. The van der Waals surface area contributed by atoms with Gasteiger partial charge in [-0.25, -0.2) is 13.1 Å². The zero-order chi connectivity index (χ0) is 13.4. The monoisotopic (exact) mass is 256 g/mol. The molecule has 0 radical (unpaired) electrons. The molecular weight excluding hydrogens is 236 g/mol. The average molecular weight is 256 g/mol. The summed E-state index contributed by atoms with van der Waals surface area (Å²) >= 11 is 0. The molecule has 0 spiro atoms. The molecule has 0 amide bonds. The topological polar surface area (TPSA) is 72.2 Å². The molecule has 0 aromatic heterocycles. The van der Waals surface area contributed by atoms with Crippen LogP contribution in [0.2, 0.25) is 0 Å². The van der Waals surface area contributed by atoms with Gasteiger partial charge in [0.05, 0.1) is 4.90 Å². The van der Waals surface area contributed by atoms with Crippen molar-refractivity contribution >= 4 is 15.7 Å². The Morgan fingerprint density at radius 1 is 1.12 bits per heavy atom. The Hall–Kier alpha value is -1.07. The summed E-state index contributed by atoms with van der Waals surface area (Å²) in [6.07, 6.45) is 0. The van der Waals surface area contributed by atoms with Gasteiger partial charge in [-0.3, -0.25) is 0 Å². The van der Waals surface area contributed by atoms with Crippen LogP contribution in [0.1, 0.15) is 31.9 Å². The van der Waals surface area contributed by atoms with E-state index in [9.17, 15) is 8.42 Å². The van der Waals surface area contributed by atoms with E-state index >= 15 is 0 Å². The minimum atomic E-state index is -3.50. The molecule has 17 heavy (non-hydrogen) atoms. The normalized spacial score (nSPS) is 12.8. The largest absolute Gasteiger partial charge is 0.399 e. The van der Waals surface area contributed by atoms with Gasteiger partial charge >= 0.3 is 0 Å². The number of anilines is 1. The number of aryl methyl sites for hydroxylation is 2. The van der Waals surface area contributed by atoms with Crippen LogP contribution in [0.4, 0.5) is 5.69 Å². The molecule has 3 N–H and O–H groups in total. The molecule has 0 saturated carbocycles. The van der Waals surface area contributed by atoms with E-state index in [0.29, 0.717) is 21.7 Å². The van der Waals surface area contributed by atoms with E-state index in [4.69, 9.17) is 5.73 Å². The Kier molecular flexibility index (Phi) is 3.55. The molecule has 0 aliphatic carbocycles. The van der Waals surface area contributed by atoms with Crippen LogP contribution in [-0.2, 0) is 10.0 Å². The van der Waals surface area contributed by atoms with Crippen molar-refractivity contribution in [3.05, 3.63) is 23.3 Å². The Bertz CT molecular complexity index is 505. The van der Waals surface area contributed by atoms with Gasteiger partial charge in [0.25, 0.3) is 0 Å². The molecule has 4 nitrogen and oxygen atoms in total. The van der Waals surface area contributed by atoms with Crippen molar-refractivity contribution in [2.24, 2.45) is 0 Å². The van der Waals surface area contributed by atoms with Crippen LogP contribution < -0.4 is 10.5 Å². The SMILES string of the molecule is Cc1cc(N)cc(C)c1S(=O)(=O)NC(C)(C)C. The Labute approximate surface area is 103 Å². The molecule has 5 heteroatoms. The zero-order valence-electron chi connectivity index (χ0n) is 11.0. The maximum absolute atomic E-state index is 12.2. The highest BCUT2D eigenvalue weighted by Crippen LogP contribution is 2.24. The van der Waals surface area contributed by atoms with Crippen LogP contribution in [0.15, 0.2) is 17.0 Å². The molecule has 1 rings (SSSR count). The van der Waals surface area contributed by atoms with Gasteiger partial charge in [0.1, 0.15) is 0 Å². The Morgan fingerprint density at radius 3 is 1.88 bits per heavy atom. The first-order valence-corrected chi connectivity index (χ1v) is 6.92. The number of hydrogen-bond acceptors (Lipinski definition) is 3. The lowest BCUT2D eigenvalue weighted by atomic mass is 10.1. The number of nitrogens with two attached hydrogens (primary N) is 1. The maximum atomic E-state index is 12.2. The number of nitrogens with one attached hydrogen (secondary N) is 1. The summed E-state index contributed by atoms with van der Waals surface area (Å²) in [5.41, 5.74) is 7.09. The third-order valence-corrected chi connectivity index (χ3v) is 4.25. The van der Waals surface area contributed by atoms with E-state index in [2.05, 4.69) is 4.72 Å². The number of rotatable bonds is 2. The fourth-order valence-electron chi connectivity index (χ4n) is 1.86. The van der Waals surface area contributed by atoms with E-state index in [1.54, 1.807) is 26.0 Å². The van der Waals surface area contributed by atoms with E-state index in [-0.39, 0.29) is 0 Å². The number of sulfonamides is 1. The molecule has 1 aromatic rings. The second-order valence-corrected chi connectivity index (χ2v) is 6.96. The first kappa shape index (κ1) is 14.0. The van der Waals surface area contributed by atoms with Crippen LogP contribution in [0, 0.1) is 13.8 Å². The molecule has 0 fully saturated rings. The Balaban J connectivity index is 3.35. The van der Waals surface area contributed by atoms with Gasteiger partial charge in [-0.2, -0.15) is 0 Å². The molecule has 0 heterocycles. The lowest BCUT2D eigenvalue weighted by Crippen LogP contribution is -2.41. The molecule has 1 aromatic carbocycles. The lowest BCUT2D eigenvalue weighted by molar-refractivity contribution is 0.491. The molecule has 0 aliphatic heterocycles. The Morgan fingerprint density at radius 2 is 1.53 bits per heavy atom. The molecule has 96 valence electrons. The predicted octanol–water partition coefficient (Wildman–Crippen LogP) is 1.96. The molecule has 0 aliphatic rings. The molecule has 0 atom stereocenters. The van der Waals surface area contributed by atoms with Gasteiger partial charge in [-0.05, 0) is 57.9 Å². The van der Waals surface area contributed by atoms with Crippen molar-refractivity contribution in [1.29, 1.82) is 0 Å². The van der Waals surface area contributed by atoms with Crippen molar-refractivity contribution < 1.29 is 8.42 Å². The highest BCUT2D eigenvalue weighted by molar-refractivity contribution is 7.89. The van der Waals surface area contributed by atoms with Gasteiger partial charge in [-0.1, -0.05) is 0 Å². The summed E-state index contributed by atoms with van der Waals surface area (Å²) in [7, 11) is -3.50. The first-order chi connectivity index (χ1) is 7.53. The molecular formula is C12H20N2O2S. The highest BCUT2D eigenvalue weighted by Gasteiger charge is 2.25. The van der Waals surface area contributed by atoms with E-state index < -0.39 is 15.6 Å². The summed E-state index contributed by atoms with van der Waals surface area (Å²) < 4.78 is 27.1. The summed E-state index contributed by atoms with van der Waals surface area (Å²) in [5, 5.41) is 0. The number of hydrogen-bond donors (Lipinski definition) is 2. The first-order valence-electron chi connectivity index (χ1n) is 5.43. The smallest absolute Gasteiger partial charge is 0.241 e. The summed E-state index contributed by atoms with van der Waals surface area (Å²) in [5.74, 6) is 0. The molecule has 0 saturated heterocycles.